The Balaban J connectivity index is 3.01. The molecule has 0 aromatic carbocycles. The number of hydrogen-bond acceptors (Lipinski definition) is 5. The highest BCUT2D eigenvalue weighted by molar-refractivity contribution is 9.10. The molecule has 0 fully saturated rings. The highest BCUT2D eigenvalue weighted by Gasteiger charge is 2.22. The predicted octanol–water partition coefficient (Wildman–Crippen LogP) is 2.42. The molecular formula is C10H12BrN3O4. The Morgan fingerprint density at radius 2 is 2.39 bits per heavy atom. The largest absolute Gasteiger partial charge is 0.480 e. The average Bonchev–Trinajstić information content (AvgIpc) is 2.30. The van der Waals surface area contributed by atoms with Gasteiger partial charge in [-0.25, -0.2) is 9.78 Å². The summed E-state index contributed by atoms with van der Waals surface area (Å²) < 4.78 is 0.460. The fourth-order valence-electron chi connectivity index (χ4n) is 1.39. The fraction of sp³-hybridized carbons (Fsp3) is 0.400. The van der Waals surface area contributed by atoms with Gasteiger partial charge in [-0.3, -0.25) is 10.1 Å². The third-order valence-electron chi connectivity index (χ3n) is 2.22. The van der Waals surface area contributed by atoms with Crippen LogP contribution in [0.25, 0.3) is 0 Å². The maximum Gasteiger partial charge on any atom is 0.326 e. The lowest BCUT2D eigenvalue weighted by molar-refractivity contribution is -0.384. The van der Waals surface area contributed by atoms with Crippen molar-refractivity contribution in [1.82, 2.24) is 4.98 Å². The molecule has 1 rings (SSSR count). The van der Waals surface area contributed by atoms with E-state index in [0.717, 1.165) is 0 Å². The first-order valence-corrected chi connectivity index (χ1v) is 6.04. The topological polar surface area (TPSA) is 105 Å². The molecule has 0 saturated heterocycles. The number of nitro groups is 1. The fourth-order valence-corrected chi connectivity index (χ4v) is 1.71. The zero-order valence-corrected chi connectivity index (χ0v) is 11.2. The Hall–Kier alpha value is -1.70. The van der Waals surface area contributed by atoms with E-state index >= 15 is 0 Å². The van der Waals surface area contributed by atoms with Crippen molar-refractivity contribution < 1.29 is 14.8 Å². The predicted molar refractivity (Wildman–Crippen MR) is 68.5 cm³/mol. The number of nitrogens with one attached hydrogen (secondary N) is 1. The molecule has 0 saturated carbocycles. The molecule has 0 amide bonds. The van der Waals surface area contributed by atoms with Crippen molar-refractivity contribution >= 4 is 33.4 Å². The van der Waals surface area contributed by atoms with Crippen molar-refractivity contribution in [3.63, 3.8) is 0 Å². The molecule has 0 aliphatic heterocycles. The minimum atomic E-state index is -1.06. The van der Waals surface area contributed by atoms with Gasteiger partial charge in [0.1, 0.15) is 6.04 Å². The molecule has 7 nitrogen and oxygen atoms in total. The van der Waals surface area contributed by atoms with Gasteiger partial charge in [-0.1, -0.05) is 13.3 Å². The van der Waals surface area contributed by atoms with Crippen LogP contribution in [0.1, 0.15) is 19.8 Å². The van der Waals surface area contributed by atoms with Crippen LogP contribution in [0.5, 0.6) is 0 Å². The van der Waals surface area contributed by atoms with Gasteiger partial charge < -0.3 is 10.4 Å². The van der Waals surface area contributed by atoms with Gasteiger partial charge >= 0.3 is 11.7 Å². The van der Waals surface area contributed by atoms with Crippen LogP contribution in [0, 0.1) is 10.1 Å². The van der Waals surface area contributed by atoms with Crippen molar-refractivity contribution in [2.75, 3.05) is 5.32 Å². The molecule has 0 radical (unpaired) electrons. The van der Waals surface area contributed by atoms with Gasteiger partial charge in [-0.2, -0.15) is 0 Å². The number of halogens is 1. The van der Waals surface area contributed by atoms with E-state index in [4.69, 9.17) is 5.11 Å². The number of aliphatic carboxylic acids is 1. The third-order valence-corrected chi connectivity index (χ3v) is 2.65. The van der Waals surface area contributed by atoms with Crippen LogP contribution in [0.4, 0.5) is 11.5 Å². The van der Waals surface area contributed by atoms with Gasteiger partial charge in [0, 0.05) is 16.7 Å². The first-order chi connectivity index (χ1) is 8.45. The number of carbonyl (C=O) groups is 1. The smallest absolute Gasteiger partial charge is 0.326 e. The SMILES string of the molecule is CCCC(Nc1ncc(Br)cc1[N+](=O)[O-])C(=O)O. The minimum absolute atomic E-state index is 0.0379. The van der Waals surface area contributed by atoms with E-state index in [1.165, 1.54) is 12.3 Å². The summed E-state index contributed by atoms with van der Waals surface area (Å²) in [6, 6.07) is 0.391. The first kappa shape index (κ1) is 14.4. The van der Waals surface area contributed by atoms with Crippen LogP contribution in [-0.4, -0.2) is 27.0 Å². The zero-order valence-electron chi connectivity index (χ0n) is 9.59. The number of anilines is 1. The number of carboxylic acid groups (broad SMARTS) is 1. The van der Waals surface area contributed by atoms with Crippen molar-refractivity contribution in [2.45, 2.75) is 25.8 Å². The maximum atomic E-state index is 11.0. The Labute approximate surface area is 112 Å². The van der Waals surface area contributed by atoms with E-state index < -0.39 is 16.9 Å². The van der Waals surface area contributed by atoms with Crippen LogP contribution in [0.2, 0.25) is 0 Å². The van der Waals surface area contributed by atoms with Crippen LogP contribution >= 0.6 is 15.9 Å². The van der Waals surface area contributed by atoms with Gasteiger partial charge in [0.2, 0.25) is 5.82 Å². The van der Waals surface area contributed by atoms with Crippen molar-refractivity contribution in [3.05, 3.63) is 26.9 Å². The number of aromatic nitrogens is 1. The Kier molecular flexibility index (Phi) is 5.02. The van der Waals surface area contributed by atoms with Gasteiger partial charge in [-0.05, 0) is 22.4 Å². The summed E-state index contributed by atoms with van der Waals surface area (Å²) >= 11 is 3.08. The lowest BCUT2D eigenvalue weighted by Gasteiger charge is -2.13. The normalized spacial score (nSPS) is 11.9. The number of rotatable bonds is 6. The molecule has 0 bridgehead atoms. The molecule has 0 spiro atoms. The number of hydrogen-bond donors (Lipinski definition) is 2. The van der Waals surface area contributed by atoms with E-state index in [9.17, 15) is 14.9 Å². The second kappa shape index (κ2) is 6.29. The minimum Gasteiger partial charge on any atom is -0.480 e. The molecule has 1 heterocycles. The molecule has 1 aromatic rings. The summed E-state index contributed by atoms with van der Waals surface area (Å²) in [5.74, 6) is -1.10. The Bertz CT molecular complexity index is 466. The second-order valence-corrected chi connectivity index (χ2v) is 4.52. The molecule has 0 aliphatic carbocycles. The lowest BCUT2D eigenvalue weighted by atomic mass is 10.1. The molecule has 8 heteroatoms. The molecular weight excluding hydrogens is 306 g/mol. The quantitative estimate of drug-likeness (QED) is 0.616. The van der Waals surface area contributed by atoms with Crippen LogP contribution in [-0.2, 0) is 4.79 Å². The molecule has 18 heavy (non-hydrogen) atoms. The van der Waals surface area contributed by atoms with E-state index in [0.29, 0.717) is 17.3 Å². The van der Waals surface area contributed by atoms with Crippen LogP contribution in [0.3, 0.4) is 0 Å². The monoisotopic (exact) mass is 317 g/mol. The van der Waals surface area contributed by atoms with Gasteiger partial charge in [0.25, 0.3) is 0 Å². The van der Waals surface area contributed by atoms with E-state index in [-0.39, 0.29) is 11.5 Å². The molecule has 98 valence electrons. The number of pyridine rings is 1. The molecule has 2 N–H and O–H groups in total. The van der Waals surface area contributed by atoms with Gasteiger partial charge in [-0.15, -0.1) is 0 Å². The van der Waals surface area contributed by atoms with Crippen molar-refractivity contribution in [1.29, 1.82) is 0 Å². The summed E-state index contributed by atoms with van der Waals surface area (Å²) in [5, 5.41) is 22.4. The third kappa shape index (κ3) is 3.66. The van der Waals surface area contributed by atoms with E-state index in [1.54, 1.807) is 0 Å². The molecule has 1 unspecified atom stereocenters. The van der Waals surface area contributed by atoms with E-state index in [1.807, 2.05) is 6.92 Å². The summed E-state index contributed by atoms with van der Waals surface area (Å²) in [7, 11) is 0. The van der Waals surface area contributed by atoms with Crippen LogP contribution < -0.4 is 5.32 Å². The zero-order chi connectivity index (χ0) is 13.7. The van der Waals surface area contributed by atoms with Gasteiger partial charge in [0.15, 0.2) is 0 Å². The lowest BCUT2D eigenvalue weighted by Crippen LogP contribution is -2.29. The Morgan fingerprint density at radius 1 is 1.72 bits per heavy atom. The first-order valence-electron chi connectivity index (χ1n) is 5.25. The highest BCUT2D eigenvalue weighted by Crippen LogP contribution is 2.26. The van der Waals surface area contributed by atoms with Crippen molar-refractivity contribution in [3.8, 4) is 0 Å². The van der Waals surface area contributed by atoms with E-state index in [2.05, 4.69) is 26.2 Å². The summed E-state index contributed by atoms with van der Waals surface area (Å²) in [6.45, 7) is 1.83. The maximum absolute atomic E-state index is 11.0. The Morgan fingerprint density at radius 3 is 2.89 bits per heavy atom. The average molecular weight is 318 g/mol. The summed E-state index contributed by atoms with van der Waals surface area (Å²) in [4.78, 5) is 25.0. The van der Waals surface area contributed by atoms with Gasteiger partial charge in [0.05, 0.1) is 4.92 Å². The highest BCUT2D eigenvalue weighted by atomic mass is 79.9. The van der Waals surface area contributed by atoms with Crippen LogP contribution in [0.15, 0.2) is 16.7 Å². The molecule has 0 aliphatic rings. The molecule has 1 aromatic heterocycles. The molecule has 1 atom stereocenters. The van der Waals surface area contributed by atoms with Crippen molar-refractivity contribution in [2.24, 2.45) is 0 Å². The standard InChI is InChI=1S/C10H12BrN3O4/c1-2-3-7(10(15)16)13-9-8(14(17)18)4-6(11)5-12-9/h4-5,7H,2-3H2,1H3,(H,12,13)(H,15,16). The number of nitrogens with zero attached hydrogens (tertiary/aromatic N) is 2. The summed E-state index contributed by atoms with van der Waals surface area (Å²) in [6.07, 6.45) is 2.39. The second-order valence-electron chi connectivity index (χ2n) is 3.60. The summed E-state index contributed by atoms with van der Waals surface area (Å²) in [5.41, 5.74) is -0.258. The number of carboxylic acids is 1.